The first-order valence-electron chi connectivity index (χ1n) is 8.14. The highest BCUT2D eigenvalue weighted by atomic mass is 35.5. The molecule has 1 aliphatic heterocycles. The quantitative estimate of drug-likeness (QED) is 0.542. The number of halogens is 2. The molecule has 0 saturated carbocycles. The van der Waals surface area contributed by atoms with Crippen molar-refractivity contribution in [2.75, 3.05) is 0 Å². The Morgan fingerprint density at radius 2 is 2.04 bits per heavy atom. The molecule has 1 atom stereocenters. The molecule has 0 aliphatic carbocycles. The molecule has 2 N–H and O–H groups in total. The molecule has 130 valence electrons. The molecule has 0 radical (unpaired) electrons. The monoisotopic (exact) mass is 385 g/mol. The van der Waals surface area contributed by atoms with Gasteiger partial charge in [0, 0.05) is 35.4 Å². The highest BCUT2D eigenvalue weighted by Crippen LogP contribution is 2.42. The molecule has 0 amide bonds. The van der Waals surface area contributed by atoms with Gasteiger partial charge in [-0.3, -0.25) is 5.10 Å². The number of fused-ring (bicyclic) bond motifs is 2. The van der Waals surface area contributed by atoms with Crippen LogP contribution in [0.15, 0.2) is 36.5 Å². The van der Waals surface area contributed by atoms with Crippen molar-refractivity contribution < 1.29 is 5.11 Å². The number of phenols is 1. The van der Waals surface area contributed by atoms with Gasteiger partial charge in [-0.15, -0.1) is 10.2 Å². The molecule has 0 spiro atoms. The normalized spacial score (nSPS) is 16.3. The Labute approximate surface area is 158 Å². The number of hydrogen-bond acceptors (Lipinski definition) is 4. The first-order chi connectivity index (χ1) is 12.6. The van der Waals surface area contributed by atoms with Crippen molar-refractivity contribution in [2.45, 2.75) is 18.9 Å². The van der Waals surface area contributed by atoms with E-state index in [0.717, 1.165) is 28.1 Å². The maximum absolute atomic E-state index is 10.3. The zero-order valence-electron chi connectivity index (χ0n) is 13.4. The number of phenolic OH excluding ortho intramolecular Hbond substituents is 1. The third-order valence-electron chi connectivity index (χ3n) is 4.88. The Balaban J connectivity index is 1.55. The van der Waals surface area contributed by atoms with Crippen LogP contribution in [0.5, 0.6) is 5.75 Å². The maximum Gasteiger partial charge on any atom is 0.164 e. The van der Waals surface area contributed by atoms with Crippen molar-refractivity contribution in [3.8, 4) is 17.1 Å². The molecule has 26 heavy (non-hydrogen) atoms. The summed E-state index contributed by atoms with van der Waals surface area (Å²) in [5.74, 6) is 1.82. The summed E-state index contributed by atoms with van der Waals surface area (Å²) in [6, 6.07) is 9.19. The number of aromatic amines is 1. The lowest BCUT2D eigenvalue weighted by Crippen LogP contribution is -2.04. The standard InChI is InChI=1S/C18H13Cl2N5O/c19-12-2-4-14(26)16(17(12)20)11-6-15-23-24-18(25(15)8-11)9-1-3-13-10(5-9)7-21-22-13/h1-5,7,11,26H,6,8H2,(H,21,22). The van der Waals surface area contributed by atoms with Gasteiger partial charge in [-0.2, -0.15) is 5.10 Å². The summed E-state index contributed by atoms with van der Waals surface area (Å²) in [5.41, 5.74) is 2.61. The maximum atomic E-state index is 10.3. The summed E-state index contributed by atoms with van der Waals surface area (Å²) >= 11 is 12.5. The van der Waals surface area contributed by atoms with Gasteiger partial charge in [-0.25, -0.2) is 0 Å². The van der Waals surface area contributed by atoms with E-state index in [9.17, 15) is 5.11 Å². The number of aromatic nitrogens is 5. The summed E-state index contributed by atoms with van der Waals surface area (Å²) in [4.78, 5) is 0. The summed E-state index contributed by atoms with van der Waals surface area (Å²) < 4.78 is 2.07. The van der Waals surface area contributed by atoms with E-state index in [2.05, 4.69) is 25.0 Å². The predicted molar refractivity (Wildman–Crippen MR) is 99.7 cm³/mol. The van der Waals surface area contributed by atoms with Crippen molar-refractivity contribution >= 4 is 34.1 Å². The van der Waals surface area contributed by atoms with E-state index in [0.29, 0.717) is 28.6 Å². The van der Waals surface area contributed by atoms with Crippen molar-refractivity contribution in [1.29, 1.82) is 0 Å². The number of rotatable bonds is 2. The van der Waals surface area contributed by atoms with Crippen LogP contribution in [0.1, 0.15) is 17.3 Å². The van der Waals surface area contributed by atoms with Crippen LogP contribution < -0.4 is 0 Å². The van der Waals surface area contributed by atoms with E-state index in [1.54, 1.807) is 18.3 Å². The van der Waals surface area contributed by atoms with Crippen molar-refractivity contribution in [3.63, 3.8) is 0 Å². The molecule has 2 aromatic carbocycles. The Hall–Kier alpha value is -2.57. The summed E-state index contributed by atoms with van der Waals surface area (Å²) in [6.45, 7) is 0.634. The average Bonchev–Trinajstić information content (AvgIpc) is 3.33. The van der Waals surface area contributed by atoms with Crippen LogP contribution in [-0.2, 0) is 13.0 Å². The van der Waals surface area contributed by atoms with Gasteiger partial charge in [0.1, 0.15) is 11.6 Å². The number of hydrogen-bond donors (Lipinski definition) is 2. The lowest BCUT2D eigenvalue weighted by molar-refractivity contribution is 0.459. The molecular formula is C18H13Cl2N5O. The van der Waals surface area contributed by atoms with Crippen LogP contribution in [0.25, 0.3) is 22.3 Å². The van der Waals surface area contributed by atoms with Gasteiger partial charge >= 0.3 is 0 Å². The van der Waals surface area contributed by atoms with Gasteiger partial charge < -0.3 is 9.67 Å². The zero-order valence-corrected chi connectivity index (χ0v) is 15.0. The Morgan fingerprint density at radius 3 is 2.92 bits per heavy atom. The van der Waals surface area contributed by atoms with Gasteiger partial charge in [0.15, 0.2) is 5.82 Å². The van der Waals surface area contributed by atoms with Gasteiger partial charge in [-0.05, 0) is 30.3 Å². The molecular weight excluding hydrogens is 373 g/mol. The second-order valence-electron chi connectivity index (χ2n) is 6.42. The second-order valence-corrected chi connectivity index (χ2v) is 7.20. The lowest BCUT2D eigenvalue weighted by Gasteiger charge is -2.15. The van der Waals surface area contributed by atoms with Crippen LogP contribution in [0.4, 0.5) is 0 Å². The molecule has 1 unspecified atom stereocenters. The van der Waals surface area contributed by atoms with Crippen LogP contribution in [0.3, 0.4) is 0 Å². The van der Waals surface area contributed by atoms with Crippen molar-refractivity contribution in [1.82, 2.24) is 25.0 Å². The smallest absolute Gasteiger partial charge is 0.164 e. The summed E-state index contributed by atoms with van der Waals surface area (Å²) in [5, 5.41) is 27.8. The van der Waals surface area contributed by atoms with E-state index in [1.807, 2.05) is 18.2 Å². The Kier molecular flexibility index (Phi) is 3.45. The fraction of sp³-hybridized carbons (Fsp3) is 0.167. The van der Waals surface area contributed by atoms with Gasteiger partial charge in [-0.1, -0.05) is 23.2 Å². The Bertz CT molecular complexity index is 1150. The third kappa shape index (κ3) is 2.29. The largest absolute Gasteiger partial charge is 0.508 e. The minimum atomic E-state index is 0.00288. The lowest BCUT2D eigenvalue weighted by atomic mass is 9.96. The highest BCUT2D eigenvalue weighted by Gasteiger charge is 2.31. The number of aromatic hydroxyl groups is 1. The highest BCUT2D eigenvalue weighted by molar-refractivity contribution is 6.42. The summed E-state index contributed by atoms with van der Waals surface area (Å²) in [7, 11) is 0. The first-order valence-corrected chi connectivity index (χ1v) is 8.90. The third-order valence-corrected chi connectivity index (χ3v) is 5.69. The molecule has 1 aliphatic rings. The predicted octanol–water partition coefficient (Wildman–Crippen LogP) is 4.17. The van der Waals surface area contributed by atoms with E-state index < -0.39 is 0 Å². The summed E-state index contributed by atoms with van der Waals surface area (Å²) in [6.07, 6.45) is 2.43. The number of nitrogens with zero attached hydrogens (tertiary/aromatic N) is 4. The first kappa shape index (κ1) is 15.7. The van der Waals surface area contributed by atoms with Gasteiger partial charge in [0.2, 0.25) is 0 Å². The van der Waals surface area contributed by atoms with Crippen LogP contribution in [-0.4, -0.2) is 30.1 Å². The van der Waals surface area contributed by atoms with E-state index in [4.69, 9.17) is 23.2 Å². The van der Waals surface area contributed by atoms with Gasteiger partial charge in [0.05, 0.1) is 21.8 Å². The molecule has 8 heteroatoms. The molecule has 2 aromatic heterocycles. The Morgan fingerprint density at radius 1 is 1.15 bits per heavy atom. The van der Waals surface area contributed by atoms with Crippen LogP contribution in [0.2, 0.25) is 10.0 Å². The van der Waals surface area contributed by atoms with Gasteiger partial charge in [0.25, 0.3) is 0 Å². The minimum Gasteiger partial charge on any atom is -0.508 e. The number of nitrogens with one attached hydrogen (secondary N) is 1. The SMILES string of the molecule is Oc1ccc(Cl)c(Cl)c1C1Cc2nnc(-c3ccc4[nH]ncc4c3)n2C1. The van der Waals surface area contributed by atoms with E-state index >= 15 is 0 Å². The van der Waals surface area contributed by atoms with Crippen molar-refractivity contribution in [3.05, 3.63) is 58.0 Å². The van der Waals surface area contributed by atoms with Crippen molar-refractivity contribution in [2.24, 2.45) is 0 Å². The fourth-order valence-electron chi connectivity index (χ4n) is 3.62. The second kappa shape index (κ2) is 5.72. The van der Waals surface area contributed by atoms with Crippen LogP contribution in [0, 0.1) is 0 Å². The molecule has 5 rings (SSSR count). The average molecular weight is 386 g/mol. The fourth-order valence-corrected chi connectivity index (χ4v) is 4.10. The van der Waals surface area contributed by atoms with E-state index in [-0.39, 0.29) is 11.7 Å². The topological polar surface area (TPSA) is 79.6 Å². The molecule has 0 saturated heterocycles. The zero-order chi connectivity index (χ0) is 17.8. The number of H-pyrrole nitrogens is 1. The molecule has 6 nitrogen and oxygen atoms in total. The van der Waals surface area contributed by atoms with E-state index in [1.165, 1.54) is 0 Å². The minimum absolute atomic E-state index is 0.00288. The molecule has 3 heterocycles. The molecule has 0 bridgehead atoms. The number of benzene rings is 2. The van der Waals surface area contributed by atoms with Crippen LogP contribution >= 0.6 is 23.2 Å². The molecule has 0 fully saturated rings. The molecule has 4 aromatic rings.